The third kappa shape index (κ3) is 4.45. The Bertz CT molecular complexity index is 444. The molecule has 4 heteroatoms. The molecule has 1 aromatic carbocycles. The molecule has 3 nitrogen and oxygen atoms in total. The highest BCUT2D eigenvalue weighted by Gasteiger charge is 2.23. The van der Waals surface area contributed by atoms with E-state index in [-0.39, 0.29) is 0 Å². The van der Waals surface area contributed by atoms with Crippen LogP contribution in [0.15, 0.2) is 24.3 Å². The lowest BCUT2D eigenvalue weighted by molar-refractivity contribution is 0.127. The van der Waals surface area contributed by atoms with Gasteiger partial charge >= 0.3 is 0 Å². The molecule has 1 heterocycles. The molecule has 0 N–H and O–H groups in total. The first-order valence-electron chi connectivity index (χ1n) is 6.66. The molecule has 2 rings (SSSR count). The van der Waals surface area contributed by atoms with Gasteiger partial charge in [0.25, 0.3) is 0 Å². The Hall–Kier alpha value is -1.18. The number of ether oxygens (including phenoxy) is 2. The molecule has 0 saturated carbocycles. The van der Waals surface area contributed by atoms with Crippen LogP contribution >= 0.6 is 11.8 Å². The molecule has 0 aromatic heterocycles. The minimum Gasteiger partial charge on any atom is -0.494 e. The zero-order valence-corrected chi connectivity index (χ0v) is 12.0. The molecule has 19 heavy (non-hydrogen) atoms. The Morgan fingerprint density at radius 1 is 1.53 bits per heavy atom. The first-order valence-corrected chi connectivity index (χ1v) is 7.70. The van der Waals surface area contributed by atoms with E-state index in [1.54, 1.807) is 12.1 Å². The smallest absolute Gasteiger partial charge is 0.120 e. The summed E-state index contributed by atoms with van der Waals surface area (Å²) in [5, 5.41) is 9.44. The summed E-state index contributed by atoms with van der Waals surface area (Å²) in [4.78, 5) is 0. The molecular formula is C15H19NO2S. The molecule has 1 saturated heterocycles. The fourth-order valence-electron chi connectivity index (χ4n) is 2.07. The molecule has 1 fully saturated rings. The number of nitrogens with zero attached hydrogens (tertiary/aromatic N) is 1. The number of nitriles is 1. The van der Waals surface area contributed by atoms with E-state index in [1.165, 1.54) is 0 Å². The first kappa shape index (κ1) is 14.2. The van der Waals surface area contributed by atoms with Gasteiger partial charge in [-0.2, -0.15) is 17.0 Å². The Labute approximate surface area is 118 Å². The van der Waals surface area contributed by atoms with Crippen molar-refractivity contribution in [3.05, 3.63) is 29.8 Å². The maximum atomic E-state index is 8.80. The molecule has 2 atom stereocenters. The Morgan fingerprint density at radius 2 is 2.42 bits per heavy atom. The second-order valence-corrected chi connectivity index (χ2v) is 5.96. The monoisotopic (exact) mass is 277 g/mol. The van der Waals surface area contributed by atoms with E-state index in [0.29, 0.717) is 23.5 Å². The Kier molecular flexibility index (Phi) is 5.56. The lowest BCUT2D eigenvalue weighted by Gasteiger charge is -2.13. The summed E-state index contributed by atoms with van der Waals surface area (Å²) in [5.41, 5.74) is 0.642. The second-order valence-electron chi connectivity index (χ2n) is 4.62. The van der Waals surface area contributed by atoms with Gasteiger partial charge in [0, 0.05) is 11.9 Å². The van der Waals surface area contributed by atoms with Gasteiger partial charge < -0.3 is 9.47 Å². The highest BCUT2D eigenvalue weighted by Crippen LogP contribution is 2.26. The molecule has 2 unspecified atom stereocenters. The fourth-order valence-corrected chi connectivity index (χ4v) is 3.27. The van der Waals surface area contributed by atoms with Crippen LogP contribution < -0.4 is 4.74 Å². The number of rotatable bonds is 6. The van der Waals surface area contributed by atoms with Crippen LogP contribution in [0.3, 0.4) is 0 Å². The normalized spacial score (nSPS) is 22.1. The average Bonchev–Trinajstić information content (AvgIpc) is 2.84. The second kappa shape index (κ2) is 7.42. The lowest BCUT2D eigenvalue weighted by atomic mass is 10.2. The van der Waals surface area contributed by atoms with Gasteiger partial charge in [-0.15, -0.1) is 0 Å². The van der Waals surface area contributed by atoms with Gasteiger partial charge in [0.1, 0.15) is 5.75 Å². The SMILES string of the molecule is CC1OCCC1SCCCOc1cccc(C#N)c1. The first-order chi connectivity index (χ1) is 9.29. The summed E-state index contributed by atoms with van der Waals surface area (Å²) in [7, 11) is 0. The highest BCUT2D eigenvalue weighted by molar-refractivity contribution is 7.99. The van der Waals surface area contributed by atoms with E-state index >= 15 is 0 Å². The number of hydrogen-bond acceptors (Lipinski definition) is 4. The molecular weight excluding hydrogens is 258 g/mol. The summed E-state index contributed by atoms with van der Waals surface area (Å²) < 4.78 is 11.2. The predicted molar refractivity (Wildman–Crippen MR) is 77.5 cm³/mol. The van der Waals surface area contributed by atoms with Crippen molar-refractivity contribution < 1.29 is 9.47 Å². The van der Waals surface area contributed by atoms with Crippen LogP contribution in [0.2, 0.25) is 0 Å². The lowest BCUT2D eigenvalue weighted by Crippen LogP contribution is -2.14. The predicted octanol–water partition coefficient (Wildman–Crippen LogP) is 3.24. The Morgan fingerprint density at radius 3 is 3.16 bits per heavy atom. The van der Waals surface area contributed by atoms with Crippen molar-refractivity contribution in [3.8, 4) is 11.8 Å². The summed E-state index contributed by atoms with van der Waals surface area (Å²) >= 11 is 1.98. The van der Waals surface area contributed by atoms with Gasteiger partial charge in [-0.3, -0.25) is 0 Å². The molecule has 0 aliphatic carbocycles. The van der Waals surface area contributed by atoms with Crippen molar-refractivity contribution in [2.45, 2.75) is 31.1 Å². The van der Waals surface area contributed by atoms with Gasteiger partial charge in [-0.05, 0) is 43.7 Å². The van der Waals surface area contributed by atoms with Gasteiger partial charge in [0.15, 0.2) is 0 Å². The van der Waals surface area contributed by atoms with E-state index in [1.807, 2.05) is 23.9 Å². The third-order valence-corrected chi connectivity index (χ3v) is 4.73. The van der Waals surface area contributed by atoms with Gasteiger partial charge in [-0.25, -0.2) is 0 Å². The fraction of sp³-hybridized carbons (Fsp3) is 0.533. The van der Waals surface area contributed by atoms with Crippen LogP contribution in [0, 0.1) is 11.3 Å². The molecule has 102 valence electrons. The van der Waals surface area contributed by atoms with Crippen molar-refractivity contribution in [1.29, 1.82) is 5.26 Å². The van der Waals surface area contributed by atoms with Gasteiger partial charge in [-0.1, -0.05) is 6.07 Å². The quantitative estimate of drug-likeness (QED) is 0.749. The van der Waals surface area contributed by atoms with Crippen LogP contribution in [0.4, 0.5) is 0 Å². The van der Waals surface area contributed by atoms with Crippen LogP contribution in [0.1, 0.15) is 25.3 Å². The topological polar surface area (TPSA) is 42.2 Å². The minimum absolute atomic E-state index is 0.387. The van der Waals surface area contributed by atoms with E-state index in [0.717, 1.165) is 31.0 Å². The van der Waals surface area contributed by atoms with Crippen molar-refractivity contribution in [2.24, 2.45) is 0 Å². The minimum atomic E-state index is 0.387. The molecule has 0 bridgehead atoms. The molecule has 0 amide bonds. The number of thioether (sulfide) groups is 1. The summed E-state index contributed by atoms with van der Waals surface area (Å²) in [6.07, 6.45) is 2.57. The van der Waals surface area contributed by atoms with Gasteiger partial charge in [0.2, 0.25) is 0 Å². The number of benzene rings is 1. The largest absolute Gasteiger partial charge is 0.494 e. The van der Waals surface area contributed by atoms with E-state index < -0.39 is 0 Å². The van der Waals surface area contributed by atoms with Crippen molar-refractivity contribution in [2.75, 3.05) is 19.0 Å². The molecule has 0 spiro atoms. The Balaban J connectivity index is 1.62. The maximum Gasteiger partial charge on any atom is 0.120 e. The zero-order chi connectivity index (χ0) is 13.5. The third-order valence-electron chi connectivity index (χ3n) is 3.16. The van der Waals surface area contributed by atoms with E-state index in [4.69, 9.17) is 14.7 Å². The van der Waals surface area contributed by atoms with Crippen LogP contribution in [0.5, 0.6) is 5.75 Å². The van der Waals surface area contributed by atoms with Crippen LogP contribution in [-0.4, -0.2) is 30.3 Å². The summed E-state index contributed by atoms with van der Waals surface area (Å²) in [5.74, 6) is 1.87. The van der Waals surface area contributed by atoms with Crippen LogP contribution in [0.25, 0.3) is 0 Å². The van der Waals surface area contributed by atoms with Crippen LogP contribution in [-0.2, 0) is 4.74 Å². The number of hydrogen-bond donors (Lipinski definition) is 0. The summed E-state index contributed by atoms with van der Waals surface area (Å²) in [6, 6.07) is 9.41. The van der Waals surface area contributed by atoms with E-state index in [2.05, 4.69) is 13.0 Å². The average molecular weight is 277 g/mol. The van der Waals surface area contributed by atoms with Crippen molar-refractivity contribution in [3.63, 3.8) is 0 Å². The maximum absolute atomic E-state index is 8.80. The molecule has 1 aromatic rings. The summed E-state index contributed by atoms with van der Waals surface area (Å²) in [6.45, 7) is 3.74. The molecule has 0 radical (unpaired) electrons. The molecule has 1 aliphatic rings. The van der Waals surface area contributed by atoms with Crippen molar-refractivity contribution in [1.82, 2.24) is 0 Å². The highest BCUT2D eigenvalue weighted by atomic mass is 32.2. The zero-order valence-electron chi connectivity index (χ0n) is 11.2. The standard InChI is InChI=1S/C15H19NO2S/c1-12-15(6-8-17-12)19-9-3-7-18-14-5-2-4-13(10-14)11-16/h2,4-5,10,12,15H,3,6-9H2,1H3. The van der Waals surface area contributed by atoms with E-state index in [9.17, 15) is 0 Å². The van der Waals surface area contributed by atoms with Crippen molar-refractivity contribution >= 4 is 11.8 Å². The molecule has 1 aliphatic heterocycles. The van der Waals surface area contributed by atoms with Gasteiger partial charge in [0.05, 0.1) is 24.3 Å².